The summed E-state index contributed by atoms with van der Waals surface area (Å²) < 4.78 is 65.8. The Labute approximate surface area is 690 Å². The molecule has 6 aromatic rings. The van der Waals surface area contributed by atoms with Crippen molar-refractivity contribution in [3.8, 4) is 17.2 Å². The van der Waals surface area contributed by atoms with Crippen LogP contribution in [0.2, 0.25) is 177 Å². The van der Waals surface area contributed by atoms with Crippen LogP contribution in [0.15, 0.2) is 169 Å². The second-order valence-electron chi connectivity index (χ2n) is 31.4. The summed E-state index contributed by atoms with van der Waals surface area (Å²) in [6, 6.07) is 53.6. The fourth-order valence-electron chi connectivity index (χ4n) is 11.8. The Morgan fingerprint density at radius 3 is 1.24 bits per heavy atom. The molecule has 6 aromatic carbocycles. The van der Waals surface area contributed by atoms with Crippen molar-refractivity contribution < 1.29 is 73.1 Å². The summed E-state index contributed by atoms with van der Waals surface area (Å²) in [6.07, 6.45) is 2.41. The van der Waals surface area contributed by atoms with Crippen molar-refractivity contribution in [2.45, 2.75) is 284 Å². The summed E-state index contributed by atoms with van der Waals surface area (Å²) in [5.41, 5.74) is 5.85. The van der Waals surface area contributed by atoms with Gasteiger partial charge in [-0.15, -0.1) is 0 Å². The van der Waals surface area contributed by atoms with Crippen molar-refractivity contribution in [3.63, 3.8) is 0 Å². The fraction of sp³-hybridized carbons (Fsp3) is 0.537. The first kappa shape index (κ1) is 125. The van der Waals surface area contributed by atoms with E-state index in [-0.39, 0.29) is 127 Å². The number of phenols is 2. The number of nitrogens with zero attached hydrogens (tertiary/aromatic N) is 2. The third-order valence-electron chi connectivity index (χ3n) is 13.3. The number of benzene rings is 6. The number of anilines is 1. The Morgan fingerprint density at radius 2 is 0.804 bits per heavy atom. The molecular weight excluding hydrogens is 1710 g/mol. The van der Waals surface area contributed by atoms with Gasteiger partial charge >= 0.3 is 42.8 Å². The number of aliphatic imine (C=N–C) groups is 1. The molecule has 2 N–H and O–H groups in total. The van der Waals surface area contributed by atoms with Crippen molar-refractivity contribution in [1.82, 2.24) is 0 Å². The first-order valence-electron chi connectivity index (χ1n) is 33.0. The molecule has 0 saturated carbocycles. The van der Waals surface area contributed by atoms with Gasteiger partial charge in [0.25, 0.3) is 9.28 Å². The summed E-state index contributed by atoms with van der Waals surface area (Å²) in [5, 5.41) is 20.3. The van der Waals surface area contributed by atoms with Gasteiger partial charge in [0.2, 0.25) is 0 Å². The zero-order chi connectivity index (χ0) is 71.0. The Morgan fingerprint density at radius 1 is 0.421 bits per heavy atom. The molecule has 5 unspecified atom stereocenters. The van der Waals surface area contributed by atoms with Crippen LogP contribution >= 0.6 is 0 Å². The Hall–Kier alpha value is -2.88. The van der Waals surface area contributed by atoms with Crippen molar-refractivity contribution in [3.05, 3.63) is 186 Å². The van der Waals surface area contributed by atoms with Crippen LogP contribution in [0.1, 0.15) is 123 Å². The maximum absolute atomic E-state index is 10.8. The first-order valence-corrected chi connectivity index (χ1v) is 68.7. The van der Waals surface area contributed by atoms with Crippen molar-refractivity contribution in [2.75, 3.05) is 11.6 Å². The zero-order valence-corrected chi connectivity index (χ0v) is 76.9. The van der Waals surface area contributed by atoms with E-state index in [0.717, 1.165) is 40.2 Å². The fourth-order valence-corrected chi connectivity index (χ4v) is 62.7. The molecule has 626 valence electrons. The third-order valence-corrected chi connectivity index (χ3v) is 53.0. The number of fused-ring (bicyclic) bond motifs is 1. The molecule has 0 amide bonds. The molecule has 0 radical (unpaired) electrons. The van der Waals surface area contributed by atoms with Gasteiger partial charge in [-0.25, -0.2) is 0 Å². The summed E-state index contributed by atoms with van der Waals surface area (Å²) in [7, 11) is -24.5. The Balaban J connectivity index is -0.000000147. The zero-order valence-electron chi connectivity index (χ0n) is 62.5. The first-order chi connectivity index (χ1) is 43.0. The van der Waals surface area contributed by atoms with E-state index in [0.29, 0.717) is 12.5 Å². The van der Waals surface area contributed by atoms with Crippen LogP contribution in [0.5, 0.6) is 17.2 Å². The van der Waals surface area contributed by atoms with Crippen molar-refractivity contribution in [1.29, 1.82) is 0 Å². The van der Waals surface area contributed by atoms with Gasteiger partial charge in [-0.3, -0.25) is 4.99 Å². The number of aromatic hydroxyl groups is 2. The Bertz CT molecular complexity index is 3280. The van der Waals surface area contributed by atoms with Gasteiger partial charge in [-0.05, 0) is 243 Å². The molecule has 1 aliphatic rings. The minimum atomic E-state index is -2.85. The molecule has 107 heavy (non-hydrogen) atoms. The normalized spacial score (nSPS) is 14.3. The van der Waals surface area contributed by atoms with Gasteiger partial charge in [-0.2, -0.15) is 0 Å². The molecule has 0 saturated heterocycles. The molecular formula is C80H166N2O12PtSi12. The largest absolute Gasteiger partial charge is 0.508 e. The number of ether oxygens (including phenoxy) is 1. The molecule has 1 heterocycles. The van der Waals surface area contributed by atoms with Gasteiger partial charge in [0.15, 0.2) is 56.6 Å². The van der Waals surface area contributed by atoms with E-state index in [1.165, 1.54) is 5.56 Å². The summed E-state index contributed by atoms with van der Waals surface area (Å²) in [6.45, 7) is 59.7. The van der Waals surface area contributed by atoms with Crippen molar-refractivity contribution in [2.24, 2.45) is 4.99 Å². The number of para-hydroxylation sites is 5. The van der Waals surface area contributed by atoms with Crippen LogP contribution in [-0.2, 0) is 64.5 Å². The predicted molar refractivity (Wildman–Crippen MR) is 506 cm³/mol. The molecule has 0 aromatic heterocycles. The molecule has 1 aliphatic heterocycles. The van der Waals surface area contributed by atoms with Gasteiger partial charge in [0, 0.05) is 49.6 Å². The van der Waals surface area contributed by atoms with E-state index in [1.807, 2.05) is 78.9 Å². The number of phenolic OH excluding ortho intramolecular Hbond substituents is 2. The second-order valence-corrected chi connectivity index (χ2v) is 79.2. The van der Waals surface area contributed by atoms with Crippen LogP contribution in [0.4, 0.5) is 11.4 Å². The molecule has 0 aliphatic carbocycles. The minimum absolute atomic E-state index is 0. The molecule has 0 bridgehead atoms. The summed E-state index contributed by atoms with van der Waals surface area (Å²) in [4.78, 5) is 6.57. The number of rotatable bonds is 26. The molecule has 0 spiro atoms. The van der Waals surface area contributed by atoms with E-state index < -0.39 is 102 Å². The van der Waals surface area contributed by atoms with Crippen LogP contribution in [0.3, 0.4) is 0 Å². The molecule has 5 atom stereocenters. The average Bonchev–Trinajstić information content (AvgIpc) is 0.750. The molecule has 27 heteroatoms. The summed E-state index contributed by atoms with van der Waals surface area (Å²) in [5.74, 6) is 1.46. The maximum Gasteiger partial charge on any atom is 0.344 e. The van der Waals surface area contributed by atoms with E-state index in [9.17, 15) is 10.2 Å². The number of hydrogen-bond donors (Lipinski definition) is 2. The monoisotopic (exact) mass is 1880 g/mol. The quantitative estimate of drug-likeness (QED) is 0.0392. The van der Waals surface area contributed by atoms with E-state index >= 15 is 0 Å². The predicted octanol–water partition coefficient (Wildman–Crippen LogP) is 27.4. The smallest absolute Gasteiger partial charge is 0.344 e. The van der Waals surface area contributed by atoms with Crippen LogP contribution in [0, 0.1) is 0 Å². The molecule has 14 nitrogen and oxygen atoms in total. The van der Waals surface area contributed by atoms with Gasteiger partial charge in [-0.1, -0.05) is 204 Å². The van der Waals surface area contributed by atoms with Gasteiger partial charge in [0.05, 0.1) is 5.69 Å². The second kappa shape index (κ2) is 52.5. The van der Waals surface area contributed by atoms with E-state index in [1.54, 1.807) is 24.4 Å². The topological polar surface area (TPSA) is 148 Å². The molecule has 0 fully saturated rings. The van der Waals surface area contributed by atoms with Crippen LogP contribution < -0.4 is 9.64 Å². The Kier molecular flexibility index (Phi) is 61.3. The van der Waals surface area contributed by atoms with E-state index in [2.05, 4.69) is 253 Å². The van der Waals surface area contributed by atoms with Crippen LogP contribution in [0.25, 0.3) is 0 Å². The standard InChI is InChI=1S/C23H39NO4Si4.C23H40O4Si4.C13H11NO.C9H28O3Si4.12CH4.Pt/c1-29(2,3)26-31(7,8)28-32(9,27-30(4,5)6)23-21-17-13-14-18-22(21)25-19-24(23)20-15-11-10-12-16-20;1-28(2,3)25-30(7,8)27-31(9,26-29(4,5)6)23(19-20-15-11-10-12-16-20)21-17-13-14-18-22(21)24;15-13-9-5-4-6-11(13)10-14-12-7-2-1-3-8-12;1-13(10-14(2,3)4)11-16(8,9)12-15(5,6)7;;;;;;;;;;;;;/h10-18,23H,19H2,1-9H3;10-18,23-24H,19H2,1-9H3;1-10,15H;13H,1-9H3;12*1H4;. The number of hydrogen-bond acceptors (Lipinski definition) is 14. The van der Waals surface area contributed by atoms with Crippen molar-refractivity contribution >= 4 is 120 Å². The van der Waals surface area contributed by atoms with Gasteiger partial charge < -0.3 is 56.9 Å². The van der Waals surface area contributed by atoms with E-state index in [4.69, 9.17) is 41.8 Å². The average molecular weight is 1880 g/mol. The SMILES string of the molecule is C.C.C.C.C.C.C.C.C.C.C.C.C[SiH](O[Si](C)(C)C)O[Si](C)(C)O[Si](C)(C)C.C[Si](C)(C)O[Si](C)(C)O[Si](C)(O[Si](C)(C)C)C(Cc1ccccc1)c1ccccc1O.C[Si](C)(C)O[Si](C)(C)O[Si](C)(O[Si](C)(C)C)C1c2ccccc2OCN1c1ccccc1.Oc1ccccc1C=Nc1ccccc1.[Pt]. The summed E-state index contributed by atoms with van der Waals surface area (Å²) >= 11 is 0. The molecule has 7 rings (SSSR count). The maximum atomic E-state index is 10.8. The van der Waals surface area contributed by atoms with Crippen LogP contribution in [-0.4, -0.2) is 125 Å². The van der Waals surface area contributed by atoms with Gasteiger partial charge in [0.1, 0.15) is 22.9 Å². The minimum Gasteiger partial charge on any atom is -0.508 e. The third kappa shape index (κ3) is 48.1.